The minimum Gasteiger partial charge on any atom is -0.347 e. The van der Waals surface area contributed by atoms with Crippen LogP contribution >= 0.6 is 0 Å². The highest BCUT2D eigenvalue weighted by molar-refractivity contribution is 5.72. The summed E-state index contributed by atoms with van der Waals surface area (Å²) >= 11 is 0. The molecule has 1 saturated heterocycles. The Labute approximate surface area is 59.6 Å². The van der Waals surface area contributed by atoms with Gasteiger partial charge in [-0.3, -0.25) is 4.79 Å². The van der Waals surface area contributed by atoms with Crippen molar-refractivity contribution >= 4 is 6.29 Å². The molecule has 0 saturated carbocycles. The lowest BCUT2D eigenvalue weighted by Crippen LogP contribution is -2.03. The molecule has 0 bridgehead atoms. The van der Waals surface area contributed by atoms with Crippen LogP contribution < -0.4 is 0 Å². The Morgan fingerprint density at radius 2 is 2.10 bits per heavy atom. The van der Waals surface area contributed by atoms with Gasteiger partial charge in [-0.2, -0.15) is 0 Å². The van der Waals surface area contributed by atoms with Gasteiger partial charge < -0.3 is 9.47 Å². The average molecular weight is 142 g/mol. The molecular weight excluding hydrogens is 132 g/mol. The summed E-state index contributed by atoms with van der Waals surface area (Å²) in [5, 5.41) is 0. The minimum atomic E-state index is -0.301. The van der Waals surface area contributed by atoms with Crippen LogP contribution in [0, 0.1) is 0 Å². The van der Waals surface area contributed by atoms with Gasteiger partial charge in [0.1, 0.15) is 6.29 Å². The molecular formula is C7H10O3. The number of carbonyl (C=O) groups excluding carboxylic acids is 1. The third-order valence-electron chi connectivity index (χ3n) is 1.23. The summed E-state index contributed by atoms with van der Waals surface area (Å²) in [6.07, 6.45) is 2.15. The van der Waals surface area contributed by atoms with Crippen molar-refractivity contribution in [3.8, 4) is 0 Å². The molecule has 1 aliphatic rings. The van der Waals surface area contributed by atoms with Crippen LogP contribution in [-0.2, 0) is 14.3 Å². The normalized spacial score (nSPS) is 21.5. The molecule has 1 heterocycles. The summed E-state index contributed by atoms with van der Waals surface area (Å²) in [6.45, 7) is 2.96. The fourth-order valence-corrected chi connectivity index (χ4v) is 0.727. The maximum absolute atomic E-state index is 10.1. The van der Waals surface area contributed by atoms with E-state index in [4.69, 9.17) is 9.47 Å². The summed E-state index contributed by atoms with van der Waals surface area (Å²) in [4.78, 5) is 10.1. The molecule has 1 rings (SSSR count). The lowest BCUT2D eigenvalue weighted by Gasteiger charge is -2.01. The number of aldehydes is 1. The molecule has 0 amide bonds. The number of ether oxygens (including phenoxy) is 2. The maximum Gasteiger partial charge on any atom is 0.177 e. The second-order valence-corrected chi connectivity index (χ2v) is 2.14. The smallest absolute Gasteiger partial charge is 0.177 e. The maximum atomic E-state index is 10.1. The highest BCUT2D eigenvalue weighted by Crippen LogP contribution is 2.06. The van der Waals surface area contributed by atoms with Gasteiger partial charge >= 0.3 is 0 Å². The highest BCUT2D eigenvalue weighted by Gasteiger charge is 2.12. The van der Waals surface area contributed by atoms with Crippen molar-refractivity contribution in [2.45, 2.75) is 13.2 Å². The number of hydrogen-bond acceptors (Lipinski definition) is 3. The van der Waals surface area contributed by atoms with Crippen LogP contribution in [0.4, 0.5) is 0 Å². The second-order valence-electron chi connectivity index (χ2n) is 2.14. The van der Waals surface area contributed by atoms with Crippen molar-refractivity contribution in [2.75, 3.05) is 13.2 Å². The Bertz CT molecular complexity index is 145. The molecule has 0 N–H and O–H groups in total. The van der Waals surface area contributed by atoms with Gasteiger partial charge in [0.25, 0.3) is 0 Å². The van der Waals surface area contributed by atoms with Gasteiger partial charge in [-0.15, -0.1) is 0 Å². The van der Waals surface area contributed by atoms with E-state index in [0.29, 0.717) is 18.8 Å². The van der Waals surface area contributed by atoms with E-state index >= 15 is 0 Å². The van der Waals surface area contributed by atoms with Crippen molar-refractivity contribution in [3.63, 3.8) is 0 Å². The van der Waals surface area contributed by atoms with Crippen LogP contribution in [0.5, 0.6) is 0 Å². The van der Waals surface area contributed by atoms with E-state index in [-0.39, 0.29) is 6.29 Å². The zero-order valence-corrected chi connectivity index (χ0v) is 5.87. The first-order valence-corrected chi connectivity index (χ1v) is 3.20. The topological polar surface area (TPSA) is 35.5 Å². The van der Waals surface area contributed by atoms with Gasteiger partial charge in [0.2, 0.25) is 0 Å². The number of carbonyl (C=O) groups is 1. The van der Waals surface area contributed by atoms with Crippen molar-refractivity contribution < 1.29 is 14.3 Å². The lowest BCUT2D eigenvalue weighted by molar-refractivity contribution is -0.105. The van der Waals surface area contributed by atoms with E-state index in [1.54, 1.807) is 13.0 Å². The first-order chi connectivity index (χ1) is 4.83. The lowest BCUT2D eigenvalue weighted by atomic mass is 10.3. The van der Waals surface area contributed by atoms with Gasteiger partial charge in [0.15, 0.2) is 6.29 Å². The molecule has 0 aromatic carbocycles. The number of rotatable bonds is 2. The molecule has 0 aromatic heterocycles. The zero-order chi connectivity index (χ0) is 7.40. The molecule has 1 fully saturated rings. The Kier molecular flexibility index (Phi) is 2.59. The molecule has 1 aliphatic heterocycles. The molecule has 0 radical (unpaired) electrons. The van der Waals surface area contributed by atoms with E-state index in [1.807, 2.05) is 0 Å². The predicted molar refractivity (Wildman–Crippen MR) is 35.5 cm³/mol. The van der Waals surface area contributed by atoms with Gasteiger partial charge in [-0.05, 0) is 18.6 Å². The van der Waals surface area contributed by atoms with Gasteiger partial charge in [0, 0.05) is 0 Å². The first-order valence-electron chi connectivity index (χ1n) is 3.20. The molecule has 0 atom stereocenters. The van der Waals surface area contributed by atoms with E-state index in [2.05, 4.69) is 0 Å². The quantitative estimate of drug-likeness (QED) is 0.416. The van der Waals surface area contributed by atoms with E-state index < -0.39 is 0 Å². The van der Waals surface area contributed by atoms with Crippen LogP contribution in [0.25, 0.3) is 0 Å². The fraction of sp³-hybridized carbons (Fsp3) is 0.571. The van der Waals surface area contributed by atoms with Gasteiger partial charge in [0.05, 0.1) is 13.2 Å². The van der Waals surface area contributed by atoms with Crippen molar-refractivity contribution in [1.29, 1.82) is 0 Å². The van der Waals surface area contributed by atoms with Gasteiger partial charge in [-0.25, -0.2) is 0 Å². The molecule has 0 aromatic rings. The summed E-state index contributed by atoms with van der Waals surface area (Å²) < 4.78 is 10.1. The molecule has 56 valence electrons. The Morgan fingerprint density at radius 3 is 2.60 bits per heavy atom. The second kappa shape index (κ2) is 3.49. The molecule has 0 unspecified atom stereocenters. The fourth-order valence-electron chi connectivity index (χ4n) is 0.727. The molecule has 0 aliphatic carbocycles. The van der Waals surface area contributed by atoms with Gasteiger partial charge in [-0.1, -0.05) is 0 Å². The Balaban J connectivity index is 2.42. The van der Waals surface area contributed by atoms with E-state index in [0.717, 1.165) is 6.29 Å². The third kappa shape index (κ3) is 1.93. The Morgan fingerprint density at radius 1 is 1.50 bits per heavy atom. The largest absolute Gasteiger partial charge is 0.347 e. The van der Waals surface area contributed by atoms with Crippen molar-refractivity contribution in [2.24, 2.45) is 0 Å². The van der Waals surface area contributed by atoms with E-state index in [9.17, 15) is 4.79 Å². The number of hydrogen-bond donors (Lipinski definition) is 0. The third-order valence-corrected chi connectivity index (χ3v) is 1.23. The monoisotopic (exact) mass is 142 g/mol. The van der Waals surface area contributed by atoms with Crippen LogP contribution in [0.15, 0.2) is 11.6 Å². The average Bonchev–Trinajstić information content (AvgIpc) is 2.40. The van der Waals surface area contributed by atoms with Crippen LogP contribution in [0.2, 0.25) is 0 Å². The summed E-state index contributed by atoms with van der Waals surface area (Å²) in [5.41, 5.74) is 0.645. The number of allylic oxidation sites excluding steroid dienone is 1. The van der Waals surface area contributed by atoms with Crippen molar-refractivity contribution in [1.82, 2.24) is 0 Å². The van der Waals surface area contributed by atoms with Crippen LogP contribution in [0.3, 0.4) is 0 Å². The Hall–Kier alpha value is -0.670. The summed E-state index contributed by atoms with van der Waals surface area (Å²) in [7, 11) is 0. The summed E-state index contributed by atoms with van der Waals surface area (Å²) in [5.74, 6) is 0. The zero-order valence-electron chi connectivity index (χ0n) is 5.87. The molecule has 0 spiro atoms. The summed E-state index contributed by atoms with van der Waals surface area (Å²) in [6, 6.07) is 0. The van der Waals surface area contributed by atoms with Crippen LogP contribution in [0.1, 0.15) is 6.92 Å². The predicted octanol–water partition coefficient (Wildman–Crippen LogP) is 0.504. The van der Waals surface area contributed by atoms with Crippen LogP contribution in [-0.4, -0.2) is 25.8 Å². The first kappa shape index (κ1) is 7.44. The molecule has 3 heteroatoms. The standard InChI is InChI=1S/C7H10O3/c1-6(5-8)4-7-9-2-3-10-7/h4-5,7H,2-3H2,1H3/b6-4+. The minimum absolute atomic E-state index is 0.301. The SMILES string of the molecule is C/C(C=O)=C\C1OCCO1. The highest BCUT2D eigenvalue weighted by atomic mass is 16.7. The van der Waals surface area contributed by atoms with Crippen molar-refractivity contribution in [3.05, 3.63) is 11.6 Å². The molecule has 10 heavy (non-hydrogen) atoms. The van der Waals surface area contributed by atoms with E-state index in [1.165, 1.54) is 0 Å². The molecule has 3 nitrogen and oxygen atoms in total.